The first-order valence-corrected chi connectivity index (χ1v) is 8.10. The van der Waals surface area contributed by atoms with E-state index in [0.29, 0.717) is 11.6 Å². The van der Waals surface area contributed by atoms with Crippen molar-refractivity contribution in [3.05, 3.63) is 71.8 Å². The zero-order valence-corrected chi connectivity index (χ0v) is 14.3. The van der Waals surface area contributed by atoms with Crippen LogP contribution in [0.25, 0.3) is 11.3 Å². The molecule has 0 aliphatic rings. The number of benzene rings is 2. The molecule has 1 heterocycles. The maximum atomic E-state index is 11.9. The fourth-order valence-electron chi connectivity index (χ4n) is 2.40. The first kappa shape index (κ1) is 16.8. The lowest BCUT2D eigenvalue weighted by atomic mass is 10.1. The van der Waals surface area contributed by atoms with E-state index < -0.39 is 0 Å². The Labute approximate surface area is 146 Å². The Kier molecular flexibility index (Phi) is 5.14. The first-order chi connectivity index (χ1) is 12.1. The molecule has 3 rings (SSSR count). The molecule has 3 aromatic rings. The monoisotopic (exact) mass is 336 g/mol. The van der Waals surface area contributed by atoms with Gasteiger partial charge in [-0.15, -0.1) is 0 Å². The summed E-state index contributed by atoms with van der Waals surface area (Å²) in [5, 5.41) is 2.75. The highest BCUT2D eigenvalue weighted by Crippen LogP contribution is 2.22. The van der Waals surface area contributed by atoms with Gasteiger partial charge < -0.3 is 14.5 Å². The molecule has 1 amide bonds. The number of nitrogens with one attached hydrogen (secondary N) is 1. The largest absolute Gasteiger partial charge is 0.484 e. The number of carbonyl (C=O) groups excluding carboxylic acids is 1. The highest BCUT2D eigenvalue weighted by Gasteiger charge is 2.12. The van der Waals surface area contributed by atoms with Crippen LogP contribution in [0.15, 0.2) is 59.0 Å². The molecule has 0 spiro atoms. The van der Waals surface area contributed by atoms with Gasteiger partial charge in [-0.3, -0.25) is 4.79 Å². The topological polar surface area (TPSA) is 64.4 Å². The summed E-state index contributed by atoms with van der Waals surface area (Å²) in [5.74, 6) is 1.64. The third kappa shape index (κ3) is 4.47. The lowest BCUT2D eigenvalue weighted by Gasteiger charge is -2.06. The van der Waals surface area contributed by atoms with E-state index in [-0.39, 0.29) is 19.1 Å². The molecule has 0 aliphatic carbocycles. The van der Waals surface area contributed by atoms with Crippen molar-refractivity contribution in [1.29, 1.82) is 0 Å². The van der Waals surface area contributed by atoms with Crippen molar-refractivity contribution in [2.45, 2.75) is 20.4 Å². The van der Waals surface area contributed by atoms with Gasteiger partial charge in [-0.25, -0.2) is 4.98 Å². The molecule has 25 heavy (non-hydrogen) atoms. The normalized spacial score (nSPS) is 10.5. The minimum Gasteiger partial charge on any atom is -0.484 e. The number of nitrogens with zero attached hydrogens (tertiary/aromatic N) is 1. The van der Waals surface area contributed by atoms with Gasteiger partial charge in [0.2, 0.25) is 5.89 Å². The summed E-state index contributed by atoms with van der Waals surface area (Å²) < 4.78 is 11.1. The molecular formula is C20H20N2O3. The number of hydrogen-bond acceptors (Lipinski definition) is 4. The number of ether oxygens (including phenoxy) is 1. The van der Waals surface area contributed by atoms with Crippen LogP contribution in [0.5, 0.6) is 5.75 Å². The Morgan fingerprint density at radius 2 is 1.80 bits per heavy atom. The number of amides is 1. The van der Waals surface area contributed by atoms with E-state index in [1.54, 1.807) is 0 Å². The molecule has 0 bridgehead atoms. The van der Waals surface area contributed by atoms with E-state index in [9.17, 15) is 4.79 Å². The quantitative estimate of drug-likeness (QED) is 0.746. The van der Waals surface area contributed by atoms with Crippen LogP contribution in [0.2, 0.25) is 0 Å². The zero-order valence-electron chi connectivity index (χ0n) is 14.3. The van der Waals surface area contributed by atoms with E-state index in [2.05, 4.69) is 10.3 Å². The Hall–Kier alpha value is -3.08. The van der Waals surface area contributed by atoms with Gasteiger partial charge in [0.15, 0.2) is 6.61 Å². The number of oxazole rings is 1. The Balaban J connectivity index is 1.53. The second-order valence-electron chi connectivity index (χ2n) is 5.76. The van der Waals surface area contributed by atoms with E-state index in [1.165, 1.54) is 0 Å². The fraction of sp³-hybridized carbons (Fsp3) is 0.200. The van der Waals surface area contributed by atoms with E-state index in [0.717, 1.165) is 22.6 Å². The lowest BCUT2D eigenvalue weighted by Crippen LogP contribution is -2.28. The molecule has 2 aromatic carbocycles. The third-order valence-electron chi connectivity index (χ3n) is 3.72. The lowest BCUT2D eigenvalue weighted by molar-refractivity contribution is -0.123. The number of carbonyl (C=O) groups is 1. The van der Waals surface area contributed by atoms with Crippen LogP contribution in [-0.2, 0) is 11.3 Å². The molecule has 0 fully saturated rings. The summed E-state index contributed by atoms with van der Waals surface area (Å²) in [4.78, 5) is 16.4. The van der Waals surface area contributed by atoms with Crippen LogP contribution in [0.1, 0.15) is 17.2 Å². The van der Waals surface area contributed by atoms with Gasteiger partial charge in [-0.1, -0.05) is 48.0 Å². The Morgan fingerprint density at radius 3 is 2.52 bits per heavy atom. The molecular weight excluding hydrogens is 316 g/mol. The molecule has 0 saturated carbocycles. The second kappa shape index (κ2) is 7.66. The average Bonchev–Trinajstić information content (AvgIpc) is 3.01. The maximum Gasteiger partial charge on any atom is 0.258 e. The van der Waals surface area contributed by atoms with Crippen molar-refractivity contribution < 1.29 is 13.9 Å². The predicted molar refractivity (Wildman–Crippen MR) is 95.2 cm³/mol. The minimum absolute atomic E-state index is 0.0473. The molecule has 5 heteroatoms. The van der Waals surface area contributed by atoms with Gasteiger partial charge >= 0.3 is 0 Å². The van der Waals surface area contributed by atoms with E-state index in [4.69, 9.17) is 9.15 Å². The fourth-order valence-corrected chi connectivity index (χ4v) is 2.40. The molecule has 0 atom stereocenters. The number of aryl methyl sites for hydroxylation is 2. The van der Waals surface area contributed by atoms with Crippen LogP contribution in [0.4, 0.5) is 0 Å². The van der Waals surface area contributed by atoms with Gasteiger partial charge in [0.25, 0.3) is 5.91 Å². The maximum absolute atomic E-state index is 11.9. The third-order valence-corrected chi connectivity index (χ3v) is 3.72. The highest BCUT2D eigenvalue weighted by molar-refractivity contribution is 5.77. The Morgan fingerprint density at radius 1 is 1.08 bits per heavy atom. The summed E-state index contributed by atoms with van der Waals surface area (Å²) in [6, 6.07) is 17.4. The van der Waals surface area contributed by atoms with Gasteiger partial charge in [0.1, 0.15) is 17.2 Å². The molecule has 1 N–H and O–H groups in total. The molecule has 5 nitrogen and oxygen atoms in total. The first-order valence-electron chi connectivity index (χ1n) is 8.10. The van der Waals surface area contributed by atoms with Gasteiger partial charge in [0.05, 0.1) is 6.54 Å². The van der Waals surface area contributed by atoms with Crippen molar-refractivity contribution in [3.8, 4) is 17.0 Å². The van der Waals surface area contributed by atoms with E-state index >= 15 is 0 Å². The zero-order chi connectivity index (χ0) is 17.6. The molecule has 1 aromatic heterocycles. The summed E-state index contributed by atoms with van der Waals surface area (Å²) >= 11 is 0. The standard InChI is InChI=1S/C20H20N2O3/c1-14-8-10-17(11-9-14)24-13-18(23)21-12-19-22-20(15(2)25-19)16-6-4-3-5-7-16/h3-11H,12-13H2,1-2H3,(H,21,23). The predicted octanol–water partition coefficient (Wildman–Crippen LogP) is 3.65. The molecule has 0 saturated heterocycles. The summed E-state index contributed by atoms with van der Waals surface area (Å²) in [6.45, 7) is 4.04. The molecule has 0 unspecified atom stereocenters. The highest BCUT2D eigenvalue weighted by atomic mass is 16.5. The SMILES string of the molecule is Cc1ccc(OCC(=O)NCc2nc(-c3ccccc3)c(C)o2)cc1. The van der Waals surface area contributed by atoms with Crippen LogP contribution < -0.4 is 10.1 Å². The Bertz CT molecular complexity index is 839. The van der Waals surface area contributed by atoms with Crippen LogP contribution in [-0.4, -0.2) is 17.5 Å². The summed E-state index contributed by atoms with van der Waals surface area (Å²) in [7, 11) is 0. The second-order valence-corrected chi connectivity index (χ2v) is 5.76. The molecule has 0 aliphatic heterocycles. The van der Waals surface area contributed by atoms with Gasteiger partial charge in [-0.05, 0) is 26.0 Å². The van der Waals surface area contributed by atoms with E-state index in [1.807, 2.05) is 68.4 Å². The van der Waals surface area contributed by atoms with Crippen LogP contribution >= 0.6 is 0 Å². The summed E-state index contributed by atoms with van der Waals surface area (Å²) in [6.07, 6.45) is 0. The number of hydrogen-bond donors (Lipinski definition) is 1. The van der Waals surface area contributed by atoms with Crippen molar-refractivity contribution in [3.63, 3.8) is 0 Å². The number of rotatable bonds is 6. The average molecular weight is 336 g/mol. The van der Waals surface area contributed by atoms with Gasteiger partial charge in [-0.2, -0.15) is 0 Å². The van der Waals surface area contributed by atoms with Crippen LogP contribution in [0, 0.1) is 13.8 Å². The van der Waals surface area contributed by atoms with Crippen molar-refractivity contribution in [2.24, 2.45) is 0 Å². The van der Waals surface area contributed by atoms with Crippen molar-refractivity contribution in [2.75, 3.05) is 6.61 Å². The molecule has 0 radical (unpaired) electrons. The van der Waals surface area contributed by atoms with Crippen molar-refractivity contribution >= 4 is 5.91 Å². The molecule has 128 valence electrons. The van der Waals surface area contributed by atoms with Crippen molar-refractivity contribution in [1.82, 2.24) is 10.3 Å². The minimum atomic E-state index is -0.224. The number of aromatic nitrogens is 1. The summed E-state index contributed by atoms with van der Waals surface area (Å²) in [5.41, 5.74) is 2.93. The smallest absolute Gasteiger partial charge is 0.258 e. The van der Waals surface area contributed by atoms with Crippen LogP contribution in [0.3, 0.4) is 0 Å². The van der Waals surface area contributed by atoms with Gasteiger partial charge in [0, 0.05) is 5.56 Å².